The van der Waals surface area contributed by atoms with Gasteiger partial charge in [0.05, 0.1) is 0 Å². The zero-order valence-corrected chi connectivity index (χ0v) is 17.3. The number of piperidine rings is 1. The molecule has 158 valence electrons. The first-order valence-electron chi connectivity index (χ1n) is 10.4. The lowest BCUT2D eigenvalue weighted by molar-refractivity contribution is 0.150. The number of aromatic nitrogens is 3. The number of hydrogen-bond donors (Lipinski definition) is 2. The first-order chi connectivity index (χ1) is 15.0. The van der Waals surface area contributed by atoms with E-state index in [9.17, 15) is 9.59 Å². The number of fused-ring (bicyclic) bond motifs is 2. The van der Waals surface area contributed by atoms with Crippen LogP contribution in [-0.4, -0.2) is 49.8 Å². The van der Waals surface area contributed by atoms with Crippen molar-refractivity contribution in [1.82, 2.24) is 19.4 Å². The highest BCUT2D eigenvalue weighted by molar-refractivity contribution is 6.33. The quantitative estimate of drug-likeness (QED) is 0.648. The Morgan fingerprint density at radius 3 is 2.58 bits per heavy atom. The van der Waals surface area contributed by atoms with Gasteiger partial charge < -0.3 is 15.3 Å². The van der Waals surface area contributed by atoms with Crippen molar-refractivity contribution < 1.29 is 9.90 Å². The molecule has 2 atom stereocenters. The summed E-state index contributed by atoms with van der Waals surface area (Å²) in [5.74, 6) is 1.07. The Labute approximate surface area is 182 Å². The number of rotatable bonds is 4. The Hall–Kier alpha value is -3.13. The van der Waals surface area contributed by atoms with Gasteiger partial charge in [0, 0.05) is 64.7 Å². The lowest BCUT2D eigenvalue weighted by Crippen LogP contribution is -2.32. The maximum absolute atomic E-state index is 13.4. The maximum atomic E-state index is 13.4. The molecule has 0 radical (unpaired) electrons. The molecule has 1 amide bonds. The summed E-state index contributed by atoms with van der Waals surface area (Å²) in [7, 11) is 0. The molecule has 3 aromatic rings. The molecule has 31 heavy (non-hydrogen) atoms. The number of halogens is 1. The zero-order chi connectivity index (χ0) is 21.3. The lowest BCUT2D eigenvalue weighted by Gasteiger charge is -2.17. The third-order valence-electron chi connectivity index (χ3n) is 6.61. The largest absolute Gasteiger partial charge is 0.465 e. The third kappa shape index (κ3) is 3.05. The van der Waals surface area contributed by atoms with Crippen molar-refractivity contribution in [3.05, 3.63) is 51.9 Å². The van der Waals surface area contributed by atoms with Gasteiger partial charge in [-0.3, -0.25) is 9.36 Å². The molecule has 1 aromatic carbocycles. The van der Waals surface area contributed by atoms with Gasteiger partial charge in [-0.25, -0.2) is 9.78 Å². The van der Waals surface area contributed by atoms with Crippen LogP contribution in [-0.2, 0) is 0 Å². The molecule has 1 aliphatic heterocycles. The van der Waals surface area contributed by atoms with Crippen LogP contribution in [0.5, 0.6) is 0 Å². The predicted molar refractivity (Wildman–Crippen MR) is 117 cm³/mol. The molecule has 2 unspecified atom stereocenters. The second-order valence-electron chi connectivity index (χ2n) is 8.60. The molecular formula is C22H20ClN5O3. The summed E-state index contributed by atoms with van der Waals surface area (Å²) in [5.41, 5.74) is 1.80. The van der Waals surface area contributed by atoms with Crippen LogP contribution in [0.1, 0.15) is 18.9 Å². The van der Waals surface area contributed by atoms with Gasteiger partial charge in [0.1, 0.15) is 5.65 Å². The van der Waals surface area contributed by atoms with E-state index < -0.39 is 6.09 Å². The van der Waals surface area contributed by atoms with Crippen LogP contribution in [0.3, 0.4) is 0 Å². The van der Waals surface area contributed by atoms with E-state index in [1.807, 2.05) is 24.3 Å². The summed E-state index contributed by atoms with van der Waals surface area (Å²) in [6.07, 6.45) is 2.78. The molecule has 2 saturated carbocycles. The normalized spacial score (nSPS) is 24.3. The summed E-state index contributed by atoms with van der Waals surface area (Å²) in [6, 6.07) is 9.48. The van der Waals surface area contributed by atoms with Gasteiger partial charge >= 0.3 is 6.09 Å². The number of carbonyl (C=O) groups is 1. The minimum absolute atomic E-state index is 0.0897. The van der Waals surface area contributed by atoms with Gasteiger partial charge in [0.2, 0.25) is 5.95 Å². The van der Waals surface area contributed by atoms with Crippen molar-refractivity contribution in [2.24, 2.45) is 11.8 Å². The molecule has 1 saturated heterocycles. The number of likely N-dealkylation sites (tertiary alicyclic amines) is 1. The first kappa shape index (κ1) is 18.6. The summed E-state index contributed by atoms with van der Waals surface area (Å²) in [4.78, 5) is 35.1. The van der Waals surface area contributed by atoms with Gasteiger partial charge in [-0.1, -0.05) is 29.8 Å². The SMILES string of the molecule is O=C(O)N1CC2C(C1)C2Nc1ncc2cc(-c3ccccc3Cl)c(=O)n(C3CC3)c2n1. The van der Waals surface area contributed by atoms with Crippen LogP contribution < -0.4 is 10.9 Å². The molecule has 2 aromatic heterocycles. The molecule has 3 aliphatic rings. The van der Waals surface area contributed by atoms with Crippen LogP contribution in [0.25, 0.3) is 22.2 Å². The molecule has 6 rings (SSSR count). The minimum Gasteiger partial charge on any atom is -0.465 e. The standard InChI is InChI=1S/C22H20ClN5O3/c23-17-4-2-1-3-13(17)14-7-11-8-24-21(26-19(11)28(20(14)29)12-5-6-12)25-18-15-9-27(22(30)31)10-16(15)18/h1-4,7-8,12,15-16,18H,5-6,9-10H2,(H,30,31)(H,24,25,26). The Kier molecular flexibility index (Phi) is 4.02. The molecule has 3 heterocycles. The molecule has 8 nitrogen and oxygen atoms in total. The number of hydrogen-bond acceptors (Lipinski definition) is 5. The van der Waals surface area contributed by atoms with E-state index >= 15 is 0 Å². The monoisotopic (exact) mass is 437 g/mol. The third-order valence-corrected chi connectivity index (χ3v) is 6.94. The van der Waals surface area contributed by atoms with Gasteiger partial charge in [0.25, 0.3) is 5.56 Å². The van der Waals surface area contributed by atoms with Crippen molar-refractivity contribution in [3.63, 3.8) is 0 Å². The minimum atomic E-state index is -0.865. The van der Waals surface area contributed by atoms with Crippen LogP contribution in [0.2, 0.25) is 5.02 Å². The molecule has 0 bridgehead atoms. The zero-order valence-electron chi connectivity index (χ0n) is 16.5. The number of amides is 1. The topological polar surface area (TPSA) is 100 Å². The van der Waals surface area contributed by atoms with Crippen LogP contribution in [0.4, 0.5) is 10.7 Å². The maximum Gasteiger partial charge on any atom is 0.407 e. The summed E-state index contributed by atoms with van der Waals surface area (Å²) >= 11 is 6.37. The van der Waals surface area contributed by atoms with E-state index in [2.05, 4.69) is 10.3 Å². The van der Waals surface area contributed by atoms with E-state index in [1.165, 1.54) is 4.90 Å². The Morgan fingerprint density at radius 1 is 1.16 bits per heavy atom. The average Bonchev–Trinajstić information content (AvgIpc) is 3.65. The molecule has 9 heteroatoms. The molecule has 0 spiro atoms. The highest BCUT2D eigenvalue weighted by atomic mass is 35.5. The van der Waals surface area contributed by atoms with E-state index in [4.69, 9.17) is 21.7 Å². The van der Waals surface area contributed by atoms with E-state index in [0.717, 1.165) is 18.2 Å². The Bertz CT molecular complexity index is 1280. The van der Waals surface area contributed by atoms with Crippen LogP contribution in [0, 0.1) is 11.8 Å². The number of benzene rings is 1. The Morgan fingerprint density at radius 2 is 1.90 bits per heavy atom. The van der Waals surface area contributed by atoms with Crippen molar-refractivity contribution in [2.75, 3.05) is 18.4 Å². The molecule has 3 fully saturated rings. The predicted octanol–water partition coefficient (Wildman–Crippen LogP) is 3.47. The van der Waals surface area contributed by atoms with Gasteiger partial charge in [0.15, 0.2) is 0 Å². The summed E-state index contributed by atoms with van der Waals surface area (Å²) < 4.78 is 1.78. The number of nitrogens with one attached hydrogen (secondary N) is 1. The van der Waals surface area contributed by atoms with Gasteiger partial charge in [-0.15, -0.1) is 0 Å². The average molecular weight is 438 g/mol. The molecule has 2 N–H and O–H groups in total. The van der Waals surface area contributed by atoms with Crippen molar-refractivity contribution in [1.29, 1.82) is 0 Å². The number of anilines is 1. The number of carboxylic acid groups (broad SMARTS) is 1. The second-order valence-corrected chi connectivity index (χ2v) is 9.01. The van der Waals surface area contributed by atoms with Crippen molar-refractivity contribution in [3.8, 4) is 11.1 Å². The fourth-order valence-corrected chi connectivity index (χ4v) is 5.02. The highest BCUT2D eigenvalue weighted by Gasteiger charge is 2.57. The summed E-state index contributed by atoms with van der Waals surface area (Å²) in [5, 5.41) is 13.8. The second kappa shape index (κ2) is 6.68. The Balaban J connectivity index is 1.36. The van der Waals surface area contributed by atoms with E-state index in [1.54, 1.807) is 16.8 Å². The fourth-order valence-electron chi connectivity index (χ4n) is 4.78. The van der Waals surface area contributed by atoms with Gasteiger partial charge in [-0.2, -0.15) is 4.98 Å². The first-order valence-corrected chi connectivity index (χ1v) is 10.8. The highest BCUT2D eigenvalue weighted by Crippen LogP contribution is 2.47. The van der Waals surface area contributed by atoms with Gasteiger partial charge in [-0.05, 0) is 25.0 Å². The fraction of sp³-hybridized carbons (Fsp3) is 0.364. The van der Waals surface area contributed by atoms with Crippen molar-refractivity contribution >= 4 is 34.7 Å². The molecular weight excluding hydrogens is 418 g/mol. The van der Waals surface area contributed by atoms with E-state index in [0.29, 0.717) is 52.7 Å². The van der Waals surface area contributed by atoms with E-state index in [-0.39, 0.29) is 17.6 Å². The van der Waals surface area contributed by atoms with Crippen LogP contribution in [0.15, 0.2) is 41.3 Å². The number of pyridine rings is 1. The summed E-state index contributed by atoms with van der Waals surface area (Å²) in [6.45, 7) is 1.08. The number of nitrogens with zero attached hydrogens (tertiary/aromatic N) is 4. The lowest BCUT2D eigenvalue weighted by atomic mass is 10.1. The smallest absolute Gasteiger partial charge is 0.407 e. The van der Waals surface area contributed by atoms with Crippen LogP contribution >= 0.6 is 11.6 Å². The van der Waals surface area contributed by atoms with Crippen molar-refractivity contribution in [2.45, 2.75) is 24.9 Å². The molecule has 2 aliphatic carbocycles.